The van der Waals surface area contributed by atoms with E-state index in [4.69, 9.17) is 4.42 Å². The molecule has 3 heteroatoms. The van der Waals surface area contributed by atoms with Gasteiger partial charge >= 0.3 is 0 Å². The highest BCUT2D eigenvalue weighted by atomic mass is 16.3. The van der Waals surface area contributed by atoms with E-state index in [1.807, 2.05) is 0 Å². The summed E-state index contributed by atoms with van der Waals surface area (Å²) in [5.41, 5.74) is 13.5. The van der Waals surface area contributed by atoms with Crippen LogP contribution in [0, 0.1) is 0 Å². The third-order valence-corrected chi connectivity index (χ3v) is 10.5. The minimum Gasteiger partial charge on any atom is -0.455 e. The van der Waals surface area contributed by atoms with Gasteiger partial charge in [-0.1, -0.05) is 135 Å². The van der Waals surface area contributed by atoms with Crippen LogP contribution in [0.2, 0.25) is 0 Å². The van der Waals surface area contributed by atoms with Gasteiger partial charge in [0.15, 0.2) is 0 Å². The number of rotatable bonds is 4. The van der Waals surface area contributed by atoms with Gasteiger partial charge in [-0.15, -0.1) is 0 Å². The van der Waals surface area contributed by atoms with Crippen molar-refractivity contribution in [1.82, 2.24) is 4.98 Å². The summed E-state index contributed by atoms with van der Waals surface area (Å²) in [6.45, 7) is 20.7. The van der Waals surface area contributed by atoms with Gasteiger partial charge in [0.2, 0.25) is 0 Å². The Balaban J connectivity index is 1.47. The highest BCUT2D eigenvalue weighted by Gasteiger charge is 2.26. The molecule has 0 aliphatic rings. The molecular weight excluding hydrogens is 621 g/mol. The lowest BCUT2D eigenvalue weighted by Gasteiger charge is -2.32. The number of hydrogen-bond donors (Lipinski definition) is 1. The normalized spacial score (nSPS) is 12.8. The fourth-order valence-corrected chi connectivity index (χ4v) is 7.40. The predicted molar refractivity (Wildman–Crippen MR) is 219 cm³/mol. The lowest BCUT2D eigenvalue weighted by atomic mass is 9.80. The lowest BCUT2D eigenvalue weighted by molar-refractivity contribution is 0.568. The molecule has 3 nitrogen and oxygen atoms in total. The molecule has 0 fully saturated rings. The molecule has 2 aromatic heterocycles. The molecule has 2 heterocycles. The van der Waals surface area contributed by atoms with Crippen LogP contribution < -0.4 is 4.90 Å². The Bertz CT molecular complexity index is 2540. The van der Waals surface area contributed by atoms with Crippen LogP contribution in [-0.2, 0) is 16.2 Å². The van der Waals surface area contributed by atoms with Crippen LogP contribution >= 0.6 is 0 Å². The van der Waals surface area contributed by atoms with Gasteiger partial charge in [0.05, 0.1) is 5.52 Å². The van der Waals surface area contributed by atoms with E-state index in [0.29, 0.717) is 0 Å². The topological polar surface area (TPSA) is 32.2 Å². The van der Waals surface area contributed by atoms with Crippen molar-refractivity contribution in [2.45, 2.75) is 78.6 Å². The van der Waals surface area contributed by atoms with Crippen molar-refractivity contribution in [3.63, 3.8) is 0 Å². The van der Waals surface area contributed by atoms with Crippen LogP contribution in [0.4, 0.5) is 17.1 Å². The van der Waals surface area contributed by atoms with E-state index in [1.54, 1.807) is 0 Å². The third kappa shape index (κ3) is 5.79. The van der Waals surface area contributed by atoms with E-state index in [9.17, 15) is 0 Å². The Morgan fingerprint density at radius 2 is 1.04 bits per heavy atom. The summed E-state index contributed by atoms with van der Waals surface area (Å²) in [6, 6.07) is 44.6. The number of fused-ring (bicyclic) bond motifs is 6. The Labute approximate surface area is 301 Å². The number of hydrogen-bond acceptors (Lipinski definition) is 2. The van der Waals surface area contributed by atoms with Crippen LogP contribution in [-0.4, -0.2) is 4.98 Å². The van der Waals surface area contributed by atoms with E-state index in [2.05, 4.69) is 194 Å². The summed E-state index contributed by atoms with van der Waals surface area (Å²) >= 11 is 0. The number of aromatic nitrogens is 1. The summed E-state index contributed by atoms with van der Waals surface area (Å²) in [4.78, 5) is 6.22. The van der Waals surface area contributed by atoms with Crippen molar-refractivity contribution < 1.29 is 4.42 Å². The van der Waals surface area contributed by atoms with Crippen LogP contribution in [0.1, 0.15) is 79.0 Å². The average molecular weight is 669 g/mol. The van der Waals surface area contributed by atoms with Gasteiger partial charge in [0, 0.05) is 55.3 Å². The molecule has 6 aromatic carbocycles. The lowest BCUT2D eigenvalue weighted by Crippen LogP contribution is -2.19. The third-order valence-electron chi connectivity index (χ3n) is 10.5. The maximum absolute atomic E-state index is 6.76. The van der Waals surface area contributed by atoms with E-state index < -0.39 is 0 Å². The van der Waals surface area contributed by atoms with E-state index in [-0.39, 0.29) is 16.2 Å². The van der Waals surface area contributed by atoms with E-state index in [0.717, 1.165) is 61.2 Å². The Morgan fingerprint density at radius 1 is 0.451 bits per heavy atom. The van der Waals surface area contributed by atoms with Gasteiger partial charge in [-0.2, -0.15) is 0 Å². The first-order valence-electron chi connectivity index (χ1n) is 18.2. The molecule has 0 radical (unpaired) electrons. The first kappa shape index (κ1) is 32.9. The van der Waals surface area contributed by atoms with Crippen LogP contribution in [0.3, 0.4) is 0 Å². The number of H-pyrrole nitrogens is 1. The Hall–Kier alpha value is -5.28. The second kappa shape index (κ2) is 11.6. The molecule has 0 bridgehead atoms. The van der Waals surface area contributed by atoms with Crippen molar-refractivity contribution in [2.24, 2.45) is 0 Å². The van der Waals surface area contributed by atoms with Crippen LogP contribution in [0.25, 0.3) is 54.9 Å². The van der Waals surface area contributed by atoms with Crippen molar-refractivity contribution >= 4 is 60.8 Å². The van der Waals surface area contributed by atoms with Gasteiger partial charge in [-0.25, -0.2) is 0 Å². The van der Waals surface area contributed by atoms with Gasteiger partial charge in [0.1, 0.15) is 11.2 Å². The van der Waals surface area contributed by atoms with Gasteiger partial charge in [-0.3, -0.25) is 0 Å². The maximum Gasteiger partial charge on any atom is 0.143 e. The molecule has 0 unspecified atom stereocenters. The molecule has 8 aromatic rings. The maximum atomic E-state index is 6.76. The van der Waals surface area contributed by atoms with Crippen LogP contribution in [0.15, 0.2) is 126 Å². The number of aromatic amines is 1. The van der Waals surface area contributed by atoms with Gasteiger partial charge < -0.3 is 14.3 Å². The SMILES string of the molecule is CC(C)(C)c1ccc(N(c2cc(C(C)(C)C)cc(C(C)(C)C)c2)c2cc(-c3cccc4c3[nH]c3ccccc34)c3oc4ccccc4c3c2)cc1. The average Bonchev–Trinajstić information content (AvgIpc) is 3.66. The first-order valence-corrected chi connectivity index (χ1v) is 18.2. The molecule has 0 saturated heterocycles. The van der Waals surface area contributed by atoms with Crippen molar-refractivity contribution in [3.05, 3.63) is 138 Å². The monoisotopic (exact) mass is 668 g/mol. The molecule has 51 heavy (non-hydrogen) atoms. The molecule has 8 rings (SSSR count). The fourth-order valence-electron chi connectivity index (χ4n) is 7.40. The standard InChI is InChI=1S/C48H48N2O/c1-46(2,3)30-21-23-33(24-22-30)50(34-26-31(47(4,5)6)25-32(27-34)48(7,8)9)35-28-40-37-16-11-13-20-43(37)51-45(40)41(29-35)39-18-14-17-38-36-15-10-12-19-42(36)49-44(38)39/h10-29,49H,1-9H3. The molecular formula is C48H48N2O. The summed E-state index contributed by atoms with van der Waals surface area (Å²) < 4.78 is 6.76. The highest BCUT2D eigenvalue weighted by Crippen LogP contribution is 2.46. The molecule has 256 valence electrons. The summed E-state index contributed by atoms with van der Waals surface area (Å²) in [6.07, 6.45) is 0. The fraction of sp³-hybridized carbons (Fsp3) is 0.250. The molecule has 0 aliphatic carbocycles. The number of furan rings is 1. The predicted octanol–water partition coefficient (Wildman–Crippen LogP) is 14.2. The largest absolute Gasteiger partial charge is 0.455 e. The van der Waals surface area contributed by atoms with Crippen molar-refractivity contribution in [2.75, 3.05) is 4.90 Å². The molecule has 1 N–H and O–H groups in total. The summed E-state index contributed by atoms with van der Waals surface area (Å²) in [5.74, 6) is 0. The molecule has 0 amide bonds. The number of nitrogens with one attached hydrogen (secondary N) is 1. The quantitative estimate of drug-likeness (QED) is 0.202. The van der Waals surface area contributed by atoms with Gasteiger partial charge in [0.25, 0.3) is 0 Å². The molecule has 0 atom stereocenters. The zero-order valence-corrected chi connectivity index (χ0v) is 31.4. The van der Waals surface area contributed by atoms with Crippen molar-refractivity contribution in [1.29, 1.82) is 0 Å². The Morgan fingerprint density at radius 3 is 1.71 bits per heavy atom. The number of nitrogens with zero attached hydrogens (tertiary/aromatic N) is 1. The molecule has 0 saturated carbocycles. The molecule has 0 spiro atoms. The summed E-state index contributed by atoms with van der Waals surface area (Å²) in [5, 5.41) is 4.65. The first-order chi connectivity index (χ1) is 24.2. The Kier molecular flexibility index (Phi) is 7.50. The number of para-hydroxylation sites is 3. The van der Waals surface area contributed by atoms with E-state index in [1.165, 1.54) is 27.5 Å². The summed E-state index contributed by atoms with van der Waals surface area (Å²) in [7, 11) is 0. The number of benzene rings is 6. The number of anilines is 3. The minimum atomic E-state index is -0.0289. The van der Waals surface area contributed by atoms with Crippen LogP contribution in [0.5, 0.6) is 0 Å². The zero-order valence-electron chi connectivity index (χ0n) is 31.4. The zero-order chi connectivity index (χ0) is 35.9. The van der Waals surface area contributed by atoms with Crippen molar-refractivity contribution in [3.8, 4) is 11.1 Å². The van der Waals surface area contributed by atoms with Gasteiger partial charge in [-0.05, 0) is 81.5 Å². The van der Waals surface area contributed by atoms with E-state index >= 15 is 0 Å². The minimum absolute atomic E-state index is 0.0289. The highest BCUT2D eigenvalue weighted by molar-refractivity contribution is 6.17. The molecule has 0 aliphatic heterocycles. The smallest absolute Gasteiger partial charge is 0.143 e. The second-order valence-electron chi connectivity index (χ2n) is 17.3. The second-order valence-corrected chi connectivity index (χ2v) is 17.3.